The molecule has 0 aliphatic carbocycles. The first-order valence-corrected chi connectivity index (χ1v) is 6.16. The van der Waals surface area contributed by atoms with Gasteiger partial charge in [-0.15, -0.1) is 16.9 Å². The molecule has 88 valence electrons. The summed E-state index contributed by atoms with van der Waals surface area (Å²) in [7, 11) is 0. The standard InChI is InChI=1S/C11H11N3O2S/c1-7-10(11(15)16)12-13-14(7)8-3-5-9(17-2)6-4-8/h3-6H,1-2H3,(H,15,16). The summed E-state index contributed by atoms with van der Waals surface area (Å²) in [4.78, 5) is 12.0. The van der Waals surface area contributed by atoms with Crippen molar-refractivity contribution in [3.05, 3.63) is 35.7 Å². The number of benzene rings is 1. The molecule has 1 aromatic carbocycles. The number of carboxylic acid groups (broad SMARTS) is 1. The average Bonchev–Trinajstić information content (AvgIpc) is 2.71. The van der Waals surface area contributed by atoms with Crippen molar-refractivity contribution >= 4 is 17.7 Å². The molecule has 0 saturated heterocycles. The Balaban J connectivity index is 2.42. The van der Waals surface area contributed by atoms with Crippen LogP contribution in [-0.4, -0.2) is 32.3 Å². The Bertz CT molecular complexity index is 548. The lowest BCUT2D eigenvalue weighted by atomic mass is 10.3. The van der Waals surface area contributed by atoms with E-state index >= 15 is 0 Å². The monoisotopic (exact) mass is 249 g/mol. The SMILES string of the molecule is CSc1ccc(-n2nnc(C(=O)O)c2C)cc1. The average molecular weight is 249 g/mol. The molecule has 2 aromatic rings. The molecule has 5 nitrogen and oxygen atoms in total. The fourth-order valence-corrected chi connectivity index (χ4v) is 1.90. The summed E-state index contributed by atoms with van der Waals surface area (Å²) in [5.41, 5.74) is 1.31. The first-order valence-electron chi connectivity index (χ1n) is 4.93. The molecule has 2 rings (SSSR count). The molecular formula is C11H11N3O2S. The second-order valence-corrected chi connectivity index (χ2v) is 4.32. The number of thioether (sulfide) groups is 1. The summed E-state index contributed by atoms with van der Waals surface area (Å²) in [6, 6.07) is 7.70. The second-order valence-electron chi connectivity index (χ2n) is 3.44. The van der Waals surface area contributed by atoms with E-state index in [1.54, 1.807) is 18.7 Å². The van der Waals surface area contributed by atoms with E-state index in [2.05, 4.69) is 10.3 Å². The number of rotatable bonds is 3. The fourth-order valence-electron chi connectivity index (χ4n) is 1.50. The quantitative estimate of drug-likeness (QED) is 0.842. The van der Waals surface area contributed by atoms with Gasteiger partial charge in [0, 0.05) is 4.90 Å². The molecule has 0 saturated carbocycles. The van der Waals surface area contributed by atoms with Gasteiger partial charge in [-0.25, -0.2) is 9.48 Å². The molecule has 0 fully saturated rings. The van der Waals surface area contributed by atoms with Crippen LogP contribution in [0.25, 0.3) is 5.69 Å². The van der Waals surface area contributed by atoms with E-state index in [-0.39, 0.29) is 5.69 Å². The lowest BCUT2D eigenvalue weighted by Crippen LogP contribution is -2.02. The van der Waals surface area contributed by atoms with Crippen LogP contribution in [-0.2, 0) is 0 Å². The molecule has 0 aliphatic heterocycles. The highest BCUT2D eigenvalue weighted by molar-refractivity contribution is 7.98. The minimum absolute atomic E-state index is 0.0149. The van der Waals surface area contributed by atoms with E-state index in [0.29, 0.717) is 5.69 Å². The minimum atomic E-state index is -1.06. The third-order valence-corrected chi connectivity index (χ3v) is 3.16. The molecule has 6 heteroatoms. The third kappa shape index (κ3) is 2.16. The fraction of sp³-hybridized carbons (Fsp3) is 0.182. The summed E-state index contributed by atoms with van der Waals surface area (Å²) in [6.07, 6.45) is 2.00. The van der Waals surface area contributed by atoms with Crippen molar-refractivity contribution in [1.82, 2.24) is 15.0 Å². The second kappa shape index (κ2) is 4.58. The largest absolute Gasteiger partial charge is 0.476 e. The zero-order valence-electron chi connectivity index (χ0n) is 9.41. The lowest BCUT2D eigenvalue weighted by molar-refractivity contribution is 0.0689. The van der Waals surface area contributed by atoms with Gasteiger partial charge < -0.3 is 5.11 Å². The molecule has 0 atom stereocenters. The highest BCUT2D eigenvalue weighted by atomic mass is 32.2. The van der Waals surface area contributed by atoms with E-state index in [0.717, 1.165) is 10.6 Å². The number of aromatic carboxylic acids is 1. The normalized spacial score (nSPS) is 10.5. The van der Waals surface area contributed by atoms with Crippen LogP contribution in [0.2, 0.25) is 0 Å². The van der Waals surface area contributed by atoms with Gasteiger partial charge in [0.25, 0.3) is 0 Å². The maximum absolute atomic E-state index is 10.8. The first kappa shape index (κ1) is 11.7. The van der Waals surface area contributed by atoms with E-state index < -0.39 is 5.97 Å². The van der Waals surface area contributed by atoms with Gasteiger partial charge in [-0.1, -0.05) is 5.21 Å². The minimum Gasteiger partial charge on any atom is -0.476 e. The molecule has 0 amide bonds. The van der Waals surface area contributed by atoms with E-state index in [4.69, 9.17) is 5.11 Å². The zero-order chi connectivity index (χ0) is 12.4. The first-order chi connectivity index (χ1) is 8.13. The van der Waals surface area contributed by atoms with Crippen molar-refractivity contribution in [3.63, 3.8) is 0 Å². The van der Waals surface area contributed by atoms with Crippen molar-refractivity contribution in [1.29, 1.82) is 0 Å². The van der Waals surface area contributed by atoms with Gasteiger partial charge >= 0.3 is 5.97 Å². The topological polar surface area (TPSA) is 68.0 Å². The van der Waals surface area contributed by atoms with Crippen molar-refractivity contribution < 1.29 is 9.90 Å². The maximum Gasteiger partial charge on any atom is 0.358 e. The molecule has 1 N–H and O–H groups in total. The van der Waals surface area contributed by atoms with Crippen molar-refractivity contribution in [3.8, 4) is 5.69 Å². The van der Waals surface area contributed by atoms with Crippen LogP contribution in [0.5, 0.6) is 0 Å². The number of hydrogen-bond donors (Lipinski definition) is 1. The highest BCUT2D eigenvalue weighted by Crippen LogP contribution is 2.18. The highest BCUT2D eigenvalue weighted by Gasteiger charge is 2.15. The maximum atomic E-state index is 10.8. The van der Waals surface area contributed by atoms with Gasteiger partial charge in [0.2, 0.25) is 0 Å². The van der Waals surface area contributed by atoms with Crippen LogP contribution < -0.4 is 0 Å². The molecular weight excluding hydrogens is 238 g/mol. The molecule has 17 heavy (non-hydrogen) atoms. The van der Waals surface area contributed by atoms with E-state index in [1.807, 2.05) is 30.5 Å². The van der Waals surface area contributed by atoms with Crippen molar-refractivity contribution in [2.24, 2.45) is 0 Å². The van der Waals surface area contributed by atoms with Gasteiger partial charge in [0.05, 0.1) is 11.4 Å². The van der Waals surface area contributed by atoms with Crippen LogP contribution >= 0.6 is 11.8 Å². The molecule has 1 aromatic heterocycles. The van der Waals surface area contributed by atoms with Gasteiger partial charge in [0.15, 0.2) is 5.69 Å². The van der Waals surface area contributed by atoms with Gasteiger partial charge in [-0.05, 0) is 37.4 Å². The Morgan fingerprint density at radius 3 is 2.47 bits per heavy atom. The molecule has 0 unspecified atom stereocenters. The van der Waals surface area contributed by atoms with Crippen LogP contribution in [0.15, 0.2) is 29.2 Å². The molecule has 1 heterocycles. The van der Waals surface area contributed by atoms with Gasteiger partial charge in [-0.3, -0.25) is 0 Å². The van der Waals surface area contributed by atoms with Crippen LogP contribution in [0.3, 0.4) is 0 Å². The predicted molar refractivity (Wildman–Crippen MR) is 64.8 cm³/mol. The smallest absolute Gasteiger partial charge is 0.358 e. The van der Waals surface area contributed by atoms with Gasteiger partial charge in [0.1, 0.15) is 0 Å². The summed E-state index contributed by atoms with van der Waals surface area (Å²) >= 11 is 1.65. The number of carbonyl (C=O) groups is 1. The van der Waals surface area contributed by atoms with Gasteiger partial charge in [-0.2, -0.15) is 0 Å². The Labute approximate surface area is 102 Å². The number of hydrogen-bond acceptors (Lipinski definition) is 4. The van der Waals surface area contributed by atoms with Crippen LogP contribution in [0.4, 0.5) is 0 Å². The van der Waals surface area contributed by atoms with Crippen LogP contribution in [0, 0.1) is 6.92 Å². The Hall–Kier alpha value is -1.82. The number of carboxylic acids is 1. The molecule has 0 aliphatic rings. The summed E-state index contributed by atoms with van der Waals surface area (Å²) in [6.45, 7) is 1.69. The number of nitrogens with zero attached hydrogens (tertiary/aromatic N) is 3. The zero-order valence-corrected chi connectivity index (χ0v) is 10.2. The van der Waals surface area contributed by atoms with E-state index in [1.165, 1.54) is 4.68 Å². The third-order valence-electron chi connectivity index (χ3n) is 2.41. The molecule has 0 spiro atoms. The predicted octanol–water partition coefficient (Wildman–Crippen LogP) is 2.00. The summed E-state index contributed by atoms with van der Waals surface area (Å²) < 4.78 is 1.52. The summed E-state index contributed by atoms with van der Waals surface area (Å²) in [5, 5.41) is 16.4. The number of aromatic nitrogens is 3. The Kier molecular flexibility index (Phi) is 3.14. The molecule has 0 radical (unpaired) electrons. The summed E-state index contributed by atoms with van der Waals surface area (Å²) in [5.74, 6) is -1.06. The van der Waals surface area contributed by atoms with Crippen LogP contribution in [0.1, 0.15) is 16.2 Å². The molecule has 0 bridgehead atoms. The lowest BCUT2D eigenvalue weighted by Gasteiger charge is -2.03. The Morgan fingerprint density at radius 2 is 2.00 bits per heavy atom. The van der Waals surface area contributed by atoms with E-state index in [9.17, 15) is 4.79 Å². The van der Waals surface area contributed by atoms with Crippen molar-refractivity contribution in [2.75, 3.05) is 6.26 Å². The van der Waals surface area contributed by atoms with Crippen molar-refractivity contribution in [2.45, 2.75) is 11.8 Å². The Morgan fingerprint density at radius 1 is 1.35 bits per heavy atom.